The lowest BCUT2D eigenvalue weighted by molar-refractivity contribution is -0.121. The van der Waals surface area contributed by atoms with Crippen LogP contribution in [0.1, 0.15) is 18.5 Å². The number of aryl methyl sites for hydroxylation is 1. The number of aromatic nitrogens is 3. The minimum Gasteiger partial charge on any atom is -0.487 e. The van der Waals surface area contributed by atoms with Gasteiger partial charge in [-0.15, -0.1) is 11.7 Å². The fraction of sp³-hybridized carbons (Fsp3) is 0.312. The molecule has 0 spiro atoms. The van der Waals surface area contributed by atoms with Gasteiger partial charge in [-0.1, -0.05) is 29.5 Å². The van der Waals surface area contributed by atoms with Crippen LogP contribution in [0.15, 0.2) is 49.2 Å². The molecule has 0 aliphatic rings. The molecule has 0 atom stereocenters. The highest BCUT2D eigenvalue weighted by atomic mass is 16.5. The molecule has 2 aromatic rings. The Bertz CT molecular complexity index is 595. The van der Waals surface area contributed by atoms with Gasteiger partial charge in [-0.3, -0.25) is 9.48 Å². The van der Waals surface area contributed by atoms with E-state index in [1.165, 1.54) is 0 Å². The Balaban J connectivity index is 1.70. The number of ether oxygens (including phenoxy) is 1. The van der Waals surface area contributed by atoms with Crippen molar-refractivity contribution in [3.63, 3.8) is 0 Å². The van der Waals surface area contributed by atoms with E-state index in [4.69, 9.17) is 4.74 Å². The summed E-state index contributed by atoms with van der Waals surface area (Å²) < 4.78 is 7.33. The fourth-order valence-corrected chi connectivity index (χ4v) is 1.86. The second-order valence-corrected chi connectivity index (χ2v) is 4.77. The molecule has 0 saturated heterocycles. The van der Waals surface area contributed by atoms with Crippen molar-refractivity contribution in [2.24, 2.45) is 0 Å². The molecule has 6 nitrogen and oxygen atoms in total. The van der Waals surface area contributed by atoms with E-state index in [-0.39, 0.29) is 5.91 Å². The normalized spacial score (nSPS) is 10.2. The van der Waals surface area contributed by atoms with Crippen molar-refractivity contribution in [2.75, 3.05) is 6.54 Å². The Hall–Kier alpha value is -2.63. The summed E-state index contributed by atoms with van der Waals surface area (Å²) in [5.74, 6) is 0.823. The molecule has 0 aliphatic carbocycles. The van der Waals surface area contributed by atoms with Crippen molar-refractivity contribution in [1.82, 2.24) is 20.3 Å². The maximum atomic E-state index is 11.4. The van der Waals surface area contributed by atoms with E-state index in [2.05, 4.69) is 22.2 Å². The third kappa shape index (κ3) is 5.40. The molecule has 0 saturated carbocycles. The highest BCUT2D eigenvalue weighted by Gasteiger charge is 2.04. The topological polar surface area (TPSA) is 69.0 Å². The second kappa shape index (κ2) is 8.61. The molecule has 1 aromatic heterocycles. The zero-order valence-electron chi connectivity index (χ0n) is 12.4. The summed E-state index contributed by atoms with van der Waals surface area (Å²) in [5.41, 5.74) is 0.764. The zero-order valence-corrected chi connectivity index (χ0v) is 12.4. The van der Waals surface area contributed by atoms with E-state index in [1.807, 2.05) is 36.5 Å². The Kier molecular flexibility index (Phi) is 6.17. The van der Waals surface area contributed by atoms with Crippen LogP contribution < -0.4 is 10.1 Å². The smallest absolute Gasteiger partial charge is 0.220 e. The minimum absolute atomic E-state index is 0.0210. The van der Waals surface area contributed by atoms with Gasteiger partial charge < -0.3 is 10.1 Å². The van der Waals surface area contributed by atoms with Crippen molar-refractivity contribution in [3.8, 4) is 5.75 Å². The number of hydrogen-bond acceptors (Lipinski definition) is 4. The first-order valence-electron chi connectivity index (χ1n) is 7.22. The molecule has 6 heteroatoms. The molecule has 1 aromatic carbocycles. The summed E-state index contributed by atoms with van der Waals surface area (Å²) >= 11 is 0. The van der Waals surface area contributed by atoms with Gasteiger partial charge in [0.25, 0.3) is 0 Å². The fourth-order valence-electron chi connectivity index (χ4n) is 1.86. The van der Waals surface area contributed by atoms with Gasteiger partial charge in [0.15, 0.2) is 0 Å². The number of hydrogen-bond donors (Lipinski definition) is 1. The summed E-state index contributed by atoms with van der Waals surface area (Å²) in [7, 11) is 0. The van der Waals surface area contributed by atoms with Crippen LogP contribution in [0.3, 0.4) is 0 Å². The first-order chi connectivity index (χ1) is 10.8. The first kappa shape index (κ1) is 15.8. The van der Waals surface area contributed by atoms with Crippen molar-refractivity contribution < 1.29 is 9.53 Å². The van der Waals surface area contributed by atoms with Gasteiger partial charge >= 0.3 is 0 Å². The molecule has 1 heterocycles. The molecule has 0 bridgehead atoms. The summed E-state index contributed by atoms with van der Waals surface area (Å²) in [6, 6.07) is 9.57. The van der Waals surface area contributed by atoms with E-state index in [1.54, 1.807) is 10.8 Å². The second-order valence-electron chi connectivity index (χ2n) is 4.77. The molecule has 2 rings (SSSR count). The molecule has 0 aliphatic heterocycles. The number of benzene rings is 1. The van der Waals surface area contributed by atoms with Crippen molar-refractivity contribution >= 4 is 5.91 Å². The minimum atomic E-state index is 0.0210. The van der Waals surface area contributed by atoms with Crippen LogP contribution in [0.5, 0.6) is 5.75 Å². The van der Waals surface area contributed by atoms with Gasteiger partial charge in [0, 0.05) is 19.5 Å². The maximum Gasteiger partial charge on any atom is 0.220 e. The molecule has 0 radical (unpaired) electrons. The zero-order chi connectivity index (χ0) is 15.6. The van der Waals surface area contributed by atoms with Crippen LogP contribution in [0, 0.1) is 0 Å². The number of carbonyl (C=O) groups is 1. The van der Waals surface area contributed by atoms with Crippen LogP contribution in [0.2, 0.25) is 0 Å². The number of para-hydroxylation sites is 1. The van der Waals surface area contributed by atoms with Crippen LogP contribution in [0.4, 0.5) is 0 Å². The molecular weight excluding hydrogens is 280 g/mol. The highest BCUT2D eigenvalue weighted by molar-refractivity contribution is 5.75. The summed E-state index contributed by atoms with van der Waals surface area (Å²) in [5, 5.41) is 10.8. The monoisotopic (exact) mass is 300 g/mol. The summed E-state index contributed by atoms with van der Waals surface area (Å²) in [6.07, 6.45) is 4.67. The Morgan fingerprint density at radius 2 is 2.18 bits per heavy atom. The maximum absolute atomic E-state index is 11.4. The van der Waals surface area contributed by atoms with Crippen molar-refractivity contribution in [3.05, 3.63) is 54.9 Å². The Labute approximate surface area is 129 Å². The molecule has 1 amide bonds. The van der Waals surface area contributed by atoms with Gasteiger partial charge in [0.2, 0.25) is 5.91 Å². The number of carbonyl (C=O) groups excluding carboxylic acids is 1. The van der Waals surface area contributed by atoms with Crippen molar-refractivity contribution in [1.29, 1.82) is 0 Å². The average molecular weight is 300 g/mol. The predicted octanol–water partition coefficient (Wildman–Crippen LogP) is 1.94. The van der Waals surface area contributed by atoms with Gasteiger partial charge in [-0.05, 0) is 18.6 Å². The van der Waals surface area contributed by atoms with E-state index in [0.717, 1.165) is 11.4 Å². The van der Waals surface area contributed by atoms with E-state index >= 15 is 0 Å². The van der Waals surface area contributed by atoms with Crippen molar-refractivity contribution in [2.45, 2.75) is 26.0 Å². The van der Waals surface area contributed by atoms with Gasteiger partial charge in [0.05, 0.1) is 6.20 Å². The molecule has 1 N–H and O–H groups in total. The standard InChI is InChI=1S/C16H20N4O2/c1-2-10-17-16(21)9-6-11-20-12-14(18-19-20)13-22-15-7-4-3-5-8-15/h2-5,7-8,12H,1,6,9-11,13H2,(H,17,21). The van der Waals surface area contributed by atoms with E-state index in [0.29, 0.717) is 32.5 Å². The lowest BCUT2D eigenvalue weighted by Gasteiger charge is -2.03. The molecule has 0 fully saturated rings. The first-order valence-corrected chi connectivity index (χ1v) is 7.22. The molecule has 116 valence electrons. The lowest BCUT2D eigenvalue weighted by atomic mass is 10.3. The molecule has 22 heavy (non-hydrogen) atoms. The van der Waals surface area contributed by atoms with Gasteiger partial charge in [0.1, 0.15) is 18.1 Å². The Morgan fingerprint density at radius 1 is 1.36 bits per heavy atom. The molecular formula is C16H20N4O2. The largest absolute Gasteiger partial charge is 0.487 e. The number of nitrogens with one attached hydrogen (secondary N) is 1. The quantitative estimate of drug-likeness (QED) is 0.719. The SMILES string of the molecule is C=CCNC(=O)CCCn1cc(COc2ccccc2)nn1. The number of rotatable bonds is 9. The summed E-state index contributed by atoms with van der Waals surface area (Å²) in [6.45, 7) is 5.09. The summed E-state index contributed by atoms with van der Waals surface area (Å²) in [4.78, 5) is 11.4. The predicted molar refractivity (Wildman–Crippen MR) is 83.2 cm³/mol. The van der Waals surface area contributed by atoms with Crippen LogP contribution >= 0.6 is 0 Å². The van der Waals surface area contributed by atoms with E-state index in [9.17, 15) is 4.79 Å². The van der Waals surface area contributed by atoms with E-state index < -0.39 is 0 Å². The number of nitrogens with zero attached hydrogens (tertiary/aromatic N) is 3. The highest BCUT2D eigenvalue weighted by Crippen LogP contribution is 2.10. The van der Waals surface area contributed by atoms with Gasteiger partial charge in [-0.25, -0.2) is 0 Å². The Morgan fingerprint density at radius 3 is 2.95 bits per heavy atom. The molecule has 0 unspecified atom stereocenters. The average Bonchev–Trinajstić information content (AvgIpc) is 3.00. The van der Waals surface area contributed by atoms with Gasteiger partial charge in [-0.2, -0.15) is 0 Å². The van der Waals surface area contributed by atoms with Crippen LogP contribution in [-0.2, 0) is 17.9 Å². The lowest BCUT2D eigenvalue weighted by Crippen LogP contribution is -2.23. The van der Waals surface area contributed by atoms with Crippen LogP contribution in [-0.4, -0.2) is 27.4 Å². The number of amides is 1. The third-order valence-corrected chi connectivity index (χ3v) is 2.95. The third-order valence-electron chi connectivity index (χ3n) is 2.95. The van der Waals surface area contributed by atoms with Crippen LogP contribution in [0.25, 0.3) is 0 Å².